The monoisotopic (exact) mass is 460 g/mol. The van der Waals surface area contributed by atoms with Crippen LogP contribution in [0, 0.1) is 20.2 Å². The van der Waals surface area contributed by atoms with Gasteiger partial charge in [-0.1, -0.05) is 17.4 Å². The molecule has 0 bridgehead atoms. The van der Waals surface area contributed by atoms with Crippen LogP contribution in [0.3, 0.4) is 0 Å². The molecule has 32 heavy (non-hydrogen) atoms. The van der Waals surface area contributed by atoms with E-state index < -0.39 is 27.1 Å². The van der Waals surface area contributed by atoms with Gasteiger partial charge in [0, 0.05) is 25.3 Å². The van der Waals surface area contributed by atoms with Gasteiger partial charge in [0.1, 0.15) is 11.3 Å². The Labute approximate surface area is 185 Å². The fourth-order valence-corrected chi connectivity index (χ4v) is 4.12. The number of amides is 1. The van der Waals surface area contributed by atoms with Crippen LogP contribution in [0.4, 0.5) is 11.4 Å². The lowest BCUT2D eigenvalue weighted by Crippen LogP contribution is -2.20. The third kappa shape index (κ3) is 4.98. The van der Waals surface area contributed by atoms with Crippen LogP contribution in [-0.4, -0.2) is 40.1 Å². The van der Waals surface area contributed by atoms with Crippen LogP contribution >= 0.6 is 11.3 Å². The number of hydrogen-bond donors (Lipinski definition) is 0. The normalized spacial score (nSPS) is 11.6. The van der Waals surface area contributed by atoms with Crippen molar-refractivity contribution in [3.63, 3.8) is 0 Å². The average Bonchev–Trinajstić information content (AvgIpc) is 3.11. The van der Waals surface area contributed by atoms with Gasteiger partial charge >= 0.3 is 0 Å². The first-order valence-corrected chi connectivity index (χ1v) is 10.5. The number of nitrogens with zero attached hydrogens (tertiary/aromatic N) is 4. The van der Waals surface area contributed by atoms with Gasteiger partial charge in [0.2, 0.25) is 0 Å². The molecule has 0 atom stereocenters. The molecule has 0 unspecified atom stereocenters. The van der Waals surface area contributed by atoms with Gasteiger partial charge in [-0.05, 0) is 26.0 Å². The molecule has 1 aromatic heterocycles. The van der Waals surface area contributed by atoms with Crippen molar-refractivity contribution in [2.24, 2.45) is 4.99 Å². The lowest BCUT2D eigenvalue weighted by molar-refractivity contribution is -0.394. The lowest BCUT2D eigenvalue weighted by atomic mass is 10.1. The van der Waals surface area contributed by atoms with Gasteiger partial charge in [0.05, 0.1) is 39.4 Å². The molecule has 1 amide bonds. The number of non-ortho nitro benzene ring substituents is 2. The first-order valence-electron chi connectivity index (χ1n) is 9.71. The standard InChI is InChI=1S/C20H20N4O7S/c1-3-30-9-8-22-18-16(31-4-2)6-5-7-17(18)32-20(22)21-19(25)13-10-14(23(26)27)12-15(11-13)24(28)29/h5-7,10-12H,3-4,8-9H2,1-2H3. The zero-order valence-corrected chi connectivity index (χ0v) is 18.2. The summed E-state index contributed by atoms with van der Waals surface area (Å²) in [5.74, 6) is -0.205. The number of hydrogen-bond acceptors (Lipinski definition) is 8. The highest BCUT2D eigenvalue weighted by Crippen LogP contribution is 2.28. The number of aromatic nitrogens is 1. The third-order valence-electron chi connectivity index (χ3n) is 4.40. The van der Waals surface area contributed by atoms with Gasteiger partial charge in [-0.25, -0.2) is 0 Å². The Morgan fingerprint density at radius 1 is 1.09 bits per heavy atom. The number of ether oxygens (including phenoxy) is 2. The Kier molecular flexibility index (Phi) is 7.28. The molecule has 168 valence electrons. The summed E-state index contributed by atoms with van der Waals surface area (Å²) in [5.41, 5.74) is -0.616. The van der Waals surface area contributed by atoms with E-state index in [0.717, 1.165) is 28.4 Å². The maximum atomic E-state index is 12.9. The van der Waals surface area contributed by atoms with Crippen LogP contribution in [0.1, 0.15) is 24.2 Å². The van der Waals surface area contributed by atoms with E-state index in [1.165, 1.54) is 11.3 Å². The topological polar surface area (TPSA) is 139 Å². The first kappa shape index (κ1) is 23.0. The average molecular weight is 460 g/mol. The highest BCUT2D eigenvalue weighted by atomic mass is 32.1. The van der Waals surface area contributed by atoms with Crippen molar-refractivity contribution < 1.29 is 24.1 Å². The zero-order valence-electron chi connectivity index (χ0n) is 17.3. The second-order valence-electron chi connectivity index (χ2n) is 6.44. The minimum Gasteiger partial charge on any atom is -0.492 e. The van der Waals surface area contributed by atoms with E-state index in [9.17, 15) is 25.0 Å². The molecular weight excluding hydrogens is 440 g/mol. The Bertz CT molecular complexity index is 1220. The van der Waals surface area contributed by atoms with Crippen LogP contribution in [0.15, 0.2) is 41.4 Å². The smallest absolute Gasteiger partial charge is 0.280 e. The molecule has 1 heterocycles. The number of thiazole rings is 1. The van der Waals surface area contributed by atoms with Gasteiger partial charge in [-0.3, -0.25) is 25.0 Å². The molecule has 0 fully saturated rings. The summed E-state index contributed by atoms with van der Waals surface area (Å²) in [4.78, 5) is 38.0. The Morgan fingerprint density at radius 3 is 2.38 bits per heavy atom. The Hall–Kier alpha value is -3.64. The highest BCUT2D eigenvalue weighted by molar-refractivity contribution is 7.16. The van der Waals surface area contributed by atoms with E-state index in [1.807, 2.05) is 32.0 Å². The lowest BCUT2D eigenvalue weighted by Gasteiger charge is -2.09. The molecule has 0 radical (unpaired) electrons. The summed E-state index contributed by atoms with van der Waals surface area (Å²) in [6.07, 6.45) is 0. The van der Waals surface area contributed by atoms with Crippen molar-refractivity contribution in [3.8, 4) is 5.75 Å². The number of rotatable bonds is 9. The molecule has 0 aliphatic heterocycles. The summed E-state index contributed by atoms with van der Waals surface area (Å²) in [5, 5.41) is 22.3. The Morgan fingerprint density at radius 2 is 1.78 bits per heavy atom. The van der Waals surface area contributed by atoms with Crippen molar-refractivity contribution in [2.45, 2.75) is 20.4 Å². The number of nitro benzene ring substituents is 2. The number of benzene rings is 2. The minimum atomic E-state index is -0.827. The van der Waals surface area contributed by atoms with E-state index in [0.29, 0.717) is 36.9 Å². The van der Waals surface area contributed by atoms with Crippen LogP contribution in [0.2, 0.25) is 0 Å². The SMILES string of the molecule is CCOCCn1c(=NC(=O)c2cc([N+](=O)[O-])cc([N+](=O)[O-])c2)sc2cccc(OCC)c21. The molecule has 0 spiro atoms. The quantitative estimate of drug-likeness (QED) is 0.269. The van der Waals surface area contributed by atoms with E-state index in [2.05, 4.69) is 4.99 Å². The molecule has 3 rings (SSSR count). The molecule has 0 saturated carbocycles. The summed E-state index contributed by atoms with van der Waals surface area (Å²) >= 11 is 1.24. The van der Waals surface area contributed by atoms with Crippen molar-refractivity contribution in [1.82, 2.24) is 4.57 Å². The summed E-state index contributed by atoms with van der Waals surface area (Å²) in [7, 11) is 0. The van der Waals surface area contributed by atoms with Crippen molar-refractivity contribution in [1.29, 1.82) is 0 Å². The summed E-state index contributed by atoms with van der Waals surface area (Å²) in [6.45, 7) is 5.45. The molecular formula is C20H20N4O7S. The van der Waals surface area contributed by atoms with E-state index in [4.69, 9.17) is 9.47 Å². The van der Waals surface area contributed by atoms with E-state index in [1.54, 1.807) is 4.57 Å². The number of para-hydroxylation sites is 1. The van der Waals surface area contributed by atoms with E-state index >= 15 is 0 Å². The predicted octanol–water partition coefficient (Wildman–Crippen LogP) is 3.70. The molecule has 11 nitrogen and oxygen atoms in total. The second kappa shape index (κ2) is 10.1. The number of nitro groups is 2. The summed E-state index contributed by atoms with van der Waals surface area (Å²) in [6, 6.07) is 8.25. The predicted molar refractivity (Wildman–Crippen MR) is 117 cm³/mol. The van der Waals surface area contributed by atoms with Gasteiger partial charge < -0.3 is 14.0 Å². The molecule has 12 heteroatoms. The highest BCUT2D eigenvalue weighted by Gasteiger charge is 2.20. The number of carbonyl (C=O) groups excluding carboxylic acids is 1. The van der Waals surface area contributed by atoms with Gasteiger partial charge in [-0.15, -0.1) is 0 Å². The van der Waals surface area contributed by atoms with Gasteiger partial charge in [0.15, 0.2) is 4.80 Å². The molecule has 2 aromatic carbocycles. The second-order valence-corrected chi connectivity index (χ2v) is 7.45. The van der Waals surface area contributed by atoms with Crippen LogP contribution < -0.4 is 9.54 Å². The van der Waals surface area contributed by atoms with Crippen LogP contribution in [0.25, 0.3) is 10.2 Å². The first-order chi connectivity index (χ1) is 15.3. The molecule has 0 saturated heterocycles. The molecule has 0 aliphatic rings. The van der Waals surface area contributed by atoms with Crippen molar-refractivity contribution >= 4 is 38.8 Å². The Balaban J connectivity index is 2.16. The van der Waals surface area contributed by atoms with Crippen molar-refractivity contribution in [2.75, 3.05) is 19.8 Å². The maximum absolute atomic E-state index is 12.9. The molecule has 3 aromatic rings. The number of fused-ring (bicyclic) bond motifs is 1. The fourth-order valence-electron chi connectivity index (χ4n) is 3.04. The van der Waals surface area contributed by atoms with Gasteiger partial charge in [-0.2, -0.15) is 4.99 Å². The molecule has 0 N–H and O–H groups in total. The number of carbonyl (C=O) groups is 1. The third-order valence-corrected chi connectivity index (χ3v) is 5.44. The maximum Gasteiger partial charge on any atom is 0.280 e. The zero-order chi connectivity index (χ0) is 23.3. The van der Waals surface area contributed by atoms with Gasteiger partial charge in [0.25, 0.3) is 17.3 Å². The molecule has 0 aliphatic carbocycles. The fraction of sp³-hybridized carbons (Fsp3) is 0.300. The summed E-state index contributed by atoms with van der Waals surface area (Å²) < 4.78 is 13.8. The minimum absolute atomic E-state index is 0.246. The van der Waals surface area contributed by atoms with Crippen molar-refractivity contribution in [3.05, 3.63) is 67.0 Å². The largest absolute Gasteiger partial charge is 0.492 e. The van der Waals surface area contributed by atoms with Crippen LogP contribution in [0.5, 0.6) is 5.75 Å². The van der Waals surface area contributed by atoms with Crippen LogP contribution in [-0.2, 0) is 11.3 Å². The van der Waals surface area contributed by atoms with E-state index in [-0.39, 0.29) is 5.56 Å².